The smallest absolute Gasteiger partial charge is 0.255 e. The number of hydrogen-bond donors (Lipinski definition) is 1. The molecule has 1 N–H and O–H groups in total. The van der Waals surface area contributed by atoms with E-state index in [9.17, 15) is 4.79 Å². The molecule has 0 saturated heterocycles. The van der Waals surface area contributed by atoms with E-state index in [1.165, 1.54) is 12.8 Å². The van der Waals surface area contributed by atoms with Crippen molar-refractivity contribution < 1.29 is 18.8 Å². The Morgan fingerprint density at radius 3 is 2.71 bits per heavy atom. The van der Waals surface area contributed by atoms with Gasteiger partial charge in [0.2, 0.25) is 18.5 Å². The van der Waals surface area contributed by atoms with Gasteiger partial charge in [-0.2, -0.15) is 10.1 Å². The molecule has 1 fully saturated rings. The zero-order valence-electron chi connectivity index (χ0n) is 19.4. The second-order valence-corrected chi connectivity index (χ2v) is 8.93. The highest BCUT2D eigenvalue weighted by Crippen LogP contribution is 2.34. The first-order valence-corrected chi connectivity index (χ1v) is 11.8. The van der Waals surface area contributed by atoms with Gasteiger partial charge in [-0.3, -0.25) is 4.79 Å². The predicted octanol–water partition coefficient (Wildman–Crippen LogP) is 4.55. The van der Waals surface area contributed by atoms with E-state index in [2.05, 4.69) is 20.6 Å². The Morgan fingerprint density at radius 2 is 1.89 bits per heavy atom. The van der Waals surface area contributed by atoms with Gasteiger partial charge in [-0.05, 0) is 61.7 Å². The van der Waals surface area contributed by atoms with Gasteiger partial charge in [0.1, 0.15) is 0 Å². The summed E-state index contributed by atoms with van der Waals surface area (Å²) in [6, 6.07) is 13.4. The normalized spacial score (nSPS) is 15.0. The van der Waals surface area contributed by atoms with Gasteiger partial charge in [-0.1, -0.05) is 24.1 Å². The number of fused-ring (bicyclic) bond motifs is 1. The summed E-state index contributed by atoms with van der Waals surface area (Å²) in [6.45, 7) is 2.42. The molecule has 4 aromatic rings. The SMILES string of the molecule is Cc1nn(-c2ccc(-c3noc(C4CCCC4)n3)cc2)cc1C(=O)NCc1ccc2c(c1)OCO2. The molecule has 1 aliphatic carbocycles. The lowest BCUT2D eigenvalue weighted by Crippen LogP contribution is -2.23. The number of nitrogens with one attached hydrogen (secondary N) is 1. The van der Waals surface area contributed by atoms with Gasteiger partial charge in [-0.25, -0.2) is 4.68 Å². The van der Waals surface area contributed by atoms with Gasteiger partial charge in [0.15, 0.2) is 11.5 Å². The van der Waals surface area contributed by atoms with Crippen LogP contribution in [-0.2, 0) is 6.54 Å². The summed E-state index contributed by atoms with van der Waals surface area (Å²) >= 11 is 0. The van der Waals surface area contributed by atoms with E-state index in [1.54, 1.807) is 10.9 Å². The van der Waals surface area contributed by atoms with Gasteiger partial charge < -0.3 is 19.3 Å². The van der Waals surface area contributed by atoms with Gasteiger partial charge in [0.25, 0.3) is 5.91 Å². The van der Waals surface area contributed by atoms with E-state index in [0.29, 0.717) is 35.3 Å². The molecule has 1 amide bonds. The third kappa shape index (κ3) is 4.25. The molecule has 2 aliphatic rings. The first-order chi connectivity index (χ1) is 17.1. The average molecular weight is 472 g/mol. The van der Waals surface area contributed by atoms with E-state index < -0.39 is 0 Å². The van der Waals surface area contributed by atoms with Crippen molar-refractivity contribution in [3.05, 3.63) is 71.4 Å². The van der Waals surface area contributed by atoms with E-state index >= 15 is 0 Å². The molecule has 9 heteroatoms. The number of benzene rings is 2. The van der Waals surface area contributed by atoms with Crippen molar-refractivity contribution in [1.29, 1.82) is 0 Å². The van der Waals surface area contributed by atoms with E-state index in [4.69, 9.17) is 14.0 Å². The van der Waals surface area contributed by atoms with E-state index in [0.717, 1.165) is 41.3 Å². The molecule has 0 spiro atoms. The molecule has 0 radical (unpaired) electrons. The van der Waals surface area contributed by atoms with Crippen molar-refractivity contribution in [2.24, 2.45) is 0 Å². The standard InChI is InChI=1S/C26H25N5O4/c1-16-21(25(32)27-13-17-6-11-22-23(12-17)34-15-33-22)14-31(29-16)20-9-7-18(8-10-20)24-28-26(35-30-24)19-4-2-3-5-19/h6-12,14,19H,2-5,13,15H2,1H3,(H,27,32). The highest BCUT2D eigenvalue weighted by molar-refractivity contribution is 5.95. The van der Waals surface area contributed by atoms with Crippen LogP contribution in [0.2, 0.25) is 0 Å². The summed E-state index contributed by atoms with van der Waals surface area (Å²) in [5, 5.41) is 11.6. The summed E-state index contributed by atoms with van der Waals surface area (Å²) in [7, 11) is 0. The lowest BCUT2D eigenvalue weighted by atomic mass is 10.1. The number of aryl methyl sites for hydroxylation is 1. The summed E-state index contributed by atoms with van der Waals surface area (Å²) in [5.74, 6) is 2.95. The molecule has 1 saturated carbocycles. The number of carbonyl (C=O) groups excluding carboxylic acids is 1. The third-order valence-corrected chi connectivity index (χ3v) is 6.57. The van der Waals surface area contributed by atoms with Crippen molar-refractivity contribution in [2.75, 3.05) is 6.79 Å². The maximum atomic E-state index is 12.8. The Labute approximate surface area is 202 Å². The molecule has 2 aromatic carbocycles. The highest BCUT2D eigenvalue weighted by Gasteiger charge is 2.23. The van der Waals surface area contributed by atoms with Crippen LogP contribution in [0.5, 0.6) is 11.5 Å². The number of aromatic nitrogens is 4. The molecule has 0 atom stereocenters. The zero-order valence-corrected chi connectivity index (χ0v) is 19.4. The summed E-state index contributed by atoms with van der Waals surface area (Å²) < 4.78 is 17.9. The summed E-state index contributed by atoms with van der Waals surface area (Å²) in [5.41, 5.74) is 3.82. The number of rotatable bonds is 6. The molecular weight excluding hydrogens is 446 g/mol. The Bertz CT molecular complexity index is 1370. The Kier molecular flexibility index (Phi) is 5.44. The van der Waals surface area contributed by atoms with Crippen molar-refractivity contribution in [3.8, 4) is 28.6 Å². The van der Waals surface area contributed by atoms with Crippen LogP contribution in [0.3, 0.4) is 0 Å². The fourth-order valence-electron chi connectivity index (χ4n) is 4.60. The molecule has 6 rings (SSSR count). The van der Waals surface area contributed by atoms with Crippen LogP contribution in [-0.4, -0.2) is 32.6 Å². The van der Waals surface area contributed by atoms with Crippen LogP contribution in [0.1, 0.15) is 59.1 Å². The minimum atomic E-state index is -0.186. The quantitative estimate of drug-likeness (QED) is 0.440. The molecule has 35 heavy (non-hydrogen) atoms. The fourth-order valence-corrected chi connectivity index (χ4v) is 4.60. The van der Waals surface area contributed by atoms with E-state index in [-0.39, 0.29) is 12.7 Å². The number of ether oxygens (including phenoxy) is 2. The molecule has 2 aromatic heterocycles. The first-order valence-electron chi connectivity index (χ1n) is 11.8. The van der Waals surface area contributed by atoms with Crippen molar-refractivity contribution in [1.82, 2.24) is 25.2 Å². The number of nitrogens with zero attached hydrogens (tertiary/aromatic N) is 4. The Hall–Kier alpha value is -4.14. The fraction of sp³-hybridized carbons (Fsp3) is 0.308. The topological polar surface area (TPSA) is 104 Å². The van der Waals surface area contributed by atoms with Crippen LogP contribution in [0.15, 0.2) is 53.2 Å². The maximum Gasteiger partial charge on any atom is 0.255 e. The first kappa shape index (κ1) is 21.4. The predicted molar refractivity (Wildman–Crippen MR) is 127 cm³/mol. The second-order valence-electron chi connectivity index (χ2n) is 8.93. The van der Waals surface area contributed by atoms with Gasteiger partial charge in [-0.15, -0.1) is 0 Å². The zero-order chi connectivity index (χ0) is 23.8. The van der Waals surface area contributed by atoms with Crippen LogP contribution >= 0.6 is 0 Å². The highest BCUT2D eigenvalue weighted by atomic mass is 16.7. The van der Waals surface area contributed by atoms with Crippen LogP contribution < -0.4 is 14.8 Å². The Morgan fingerprint density at radius 1 is 1.09 bits per heavy atom. The molecule has 9 nitrogen and oxygen atoms in total. The second kappa shape index (κ2) is 8.90. The molecule has 178 valence electrons. The van der Waals surface area contributed by atoms with Crippen LogP contribution in [0.25, 0.3) is 17.1 Å². The number of amides is 1. The lowest BCUT2D eigenvalue weighted by Gasteiger charge is -2.05. The summed E-state index contributed by atoms with van der Waals surface area (Å²) in [6.07, 6.45) is 6.42. The monoisotopic (exact) mass is 471 g/mol. The largest absolute Gasteiger partial charge is 0.454 e. The van der Waals surface area contributed by atoms with Crippen LogP contribution in [0, 0.1) is 6.92 Å². The van der Waals surface area contributed by atoms with Gasteiger partial charge in [0, 0.05) is 24.2 Å². The van der Waals surface area contributed by atoms with Crippen LogP contribution in [0.4, 0.5) is 0 Å². The van der Waals surface area contributed by atoms with Crippen molar-refractivity contribution in [2.45, 2.75) is 45.1 Å². The molecular formula is C26H25N5O4. The molecule has 0 unspecified atom stereocenters. The number of carbonyl (C=O) groups is 1. The lowest BCUT2D eigenvalue weighted by molar-refractivity contribution is 0.0950. The summed E-state index contributed by atoms with van der Waals surface area (Å²) in [4.78, 5) is 17.4. The van der Waals surface area contributed by atoms with E-state index in [1.807, 2.05) is 49.4 Å². The average Bonchev–Trinajstić information content (AvgIpc) is 3.68. The molecule has 1 aliphatic heterocycles. The minimum Gasteiger partial charge on any atom is -0.454 e. The maximum absolute atomic E-state index is 12.8. The minimum absolute atomic E-state index is 0.186. The Balaban J connectivity index is 1.13. The van der Waals surface area contributed by atoms with Gasteiger partial charge in [0.05, 0.1) is 16.9 Å². The molecule has 0 bridgehead atoms. The van der Waals surface area contributed by atoms with Crippen molar-refractivity contribution in [3.63, 3.8) is 0 Å². The van der Waals surface area contributed by atoms with Gasteiger partial charge >= 0.3 is 0 Å². The third-order valence-electron chi connectivity index (χ3n) is 6.57. The van der Waals surface area contributed by atoms with Crippen molar-refractivity contribution >= 4 is 5.91 Å². The number of hydrogen-bond acceptors (Lipinski definition) is 7. The molecule has 3 heterocycles.